The SMILES string of the molecule is COc1cc(C(=O)O)ccc1NSc1ccc(-c2ccc(C3=CCC(C)(C)CC3)cc2)s1. The van der Waals surface area contributed by atoms with Gasteiger partial charge in [0.15, 0.2) is 0 Å². The van der Waals surface area contributed by atoms with E-state index in [9.17, 15) is 4.79 Å². The number of thiophene rings is 1. The summed E-state index contributed by atoms with van der Waals surface area (Å²) in [5.74, 6) is -0.467. The Morgan fingerprint density at radius 2 is 1.84 bits per heavy atom. The third-order valence-electron chi connectivity index (χ3n) is 5.80. The third-order valence-corrected chi connectivity index (χ3v) is 7.89. The van der Waals surface area contributed by atoms with Crippen molar-refractivity contribution in [3.8, 4) is 16.2 Å². The Hall–Kier alpha value is -2.70. The Balaban J connectivity index is 1.42. The summed E-state index contributed by atoms with van der Waals surface area (Å²) < 4.78 is 9.72. The number of nitrogens with one attached hydrogen (secondary N) is 1. The van der Waals surface area contributed by atoms with Gasteiger partial charge in [-0.1, -0.05) is 44.2 Å². The predicted molar refractivity (Wildman–Crippen MR) is 135 cm³/mol. The average molecular weight is 466 g/mol. The summed E-state index contributed by atoms with van der Waals surface area (Å²) in [5.41, 5.74) is 5.37. The maximum atomic E-state index is 11.2. The van der Waals surface area contributed by atoms with E-state index in [-0.39, 0.29) is 5.56 Å². The van der Waals surface area contributed by atoms with Crippen LogP contribution in [0.15, 0.2) is 64.9 Å². The maximum absolute atomic E-state index is 11.2. The monoisotopic (exact) mass is 465 g/mol. The van der Waals surface area contributed by atoms with Gasteiger partial charge in [0.1, 0.15) is 5.75 Å². The topological polar surface area (TPSA) is 58.6 Å². The summed E-state index contributed by atoms with van der Waals surface area (Å²) in [7, 11) is 1.54. The Labute approximate surface area is 197 Å². The van der Waals surface area contributed by atoms with E-state index < -0.39 is 5.97 Å². The van der Waals surface area contributed by atoms with Gasteiger partial charge in [-0.05, 0) is 83.7 Å². The molecule has 4 nitrogen and oxygen atoms in total. The fraction of sp³-hybridized carbons (Fsp3) is 0.269. The van der Waals surface area contributed by atoms with Gasteiger partial charge in [-0.25, -0.2) is 4.79 Å². The highest BCUT2D eigenvalue weighted by Crippen LogP contribution is 2.39. The van der Waals surface area contributed by atoms with Crippen LogP contribution < -0.4 is 9.46 Å². The number of methoxy groups -OCH3 is 1. The average Bonchev–Trinajstić information content (AvgIpc) is 3.26. The molecule has 0 bridgehead atoms. The molecule has 2 aromatic carbocycles. The molecule has 6 heteroatoms. The summed E-state index contributed by atoms with van der Waals surface area (Å²) in [6.45, 7) is 4.68. The normalized spacial score (nSPS) is 15.2. The van der Waals surface area contributed by atoms with Crippen LogP contribution in [0.1, 0.15) is 49.0 Å². The number of hydrogen-bond acceptors (Lipinski definition) is 5. The molecule has 0 spiro atoms. The fourth-order valence-electron chi connectivity index (χ4n) is 3.73. The lowest BCUT2D eigenvalue weighted by atomic mass is 9.77. The summed E-state index contributed by atoms with van der Waals surface area (Å²) >= 11 is 3.21. The number of ether oxygens (including phenoxy) is 1. The molecular weight excluding hydrogens is 438 g/mol. The zero-order valence-electron chi connectivity index (χ0n) is 18.5. The van der Waals surface area contributed by atoms with Crippen LogP contribution in [0.5, 0.6) is 5.75 Å². The highest BCUT2D eigenvalue weighted by atomic mass is 32.2. The molecule has 0 saturated heterocycles. The molecular formula is C26H27NO3S2. The zero-order chi connectivity index (χ0) is 22.7. The first kappa shape index (κ1) is 22.5. The van der Waals surface area contributed by atoms with Crippen molar-refractivity contribution in [3.63, 3.8) is 0 Å². The molecule has 166 valence electrons. The first-order chi connectivity index (χ1) is 15.3. The van der Waals surface area contributed by atoms with Gasteiger partial charge in [-0.15, -0.1) is 11.3 Å². The molecule has 0 saturated carbocycles. The quantitative estimate of drug-likeness (QED) is 0.348. The van der Waals surface area contributed by atoms with Gasteiger partial charge < -0.3 is 14.6 Å². The number of carbonyl (C=O) groups is 1. The second kappa shape index (κ2) is 9.43. The van der Waals surface area contributed by atoms with Crippen molar-refractivity contribution < 1.29 is 14.6 Å². The van der Waals surface area contributed by atoms with Gasteiger partial charge in [0.25, 0.3) is 0 Å². The summed E-state index contributed by atoms with van der Waals surface area (Å²) in [6, 6.07) is 17.9. The Kier molecular flexibility index (Phi) is 6.63. The lowest BCUT2D eigenvalue weighted by molar-refractivity contribution is 0.0696. The van der Waals surface area contributed by atoms with Crippen molar-refractivity contribution in [1.29, 1.82) is 0 Å². The van der Waals surface area contributed by atoms with Crippen molar-refractivity contribution in [2.45, 2.75) is 37.3 Å². The molecule has 0 atom stereocenters. The van der Waals surface area contributed by atoms with Gasteiger partial charge in [0, 0.05) is 4.88 Å². The minimum atomic E-state index is -0.972. The highest BCUT2D eigenvalue weighted by Gasteiger charge is 2.21. The number of allylic oxidation sites excluding steroid dienone is 2. The number of anilines is 1. The Bertz CT molecular complexity index is 1150. The first-order valence-corrected chi connectivity index (χ1v) is 12.2. The van der Waals surface area contributed by atoms with Gasteiger partial charge in [0.2, 0.25) is 0 Å². The molecule has 2 N–H and O–H groups in total. The van der Waals surface area contributed by atoms with E-state index in [1.807, 2.05) is 0 Å². The smallest absolute Gasteiger partial charge is 0.335 e. The van der Waals surface area contributed by atoms with Crippen LogP contribution in [-0.4, -0.2) is 18.2 Å². The van der Waals surface area contributed by atoms with Crippen LogP contribution in [0.25, 0.3) is 16.0 Å². The number of hydrogen-bond donors (Lipinski definition) is 2. The van der Waals surface area contributed by atoms with E-state index in [1.54, 1.807) is 23.5 Å². The van der Waals surface area contributed by atoms with Crippen LogP contribution in [0.4, 0.5) is 5.69 Å². The van der Waals surface area contributed by atoms with Crippen molar-refractivity contribution in [2.24, 2.45) is 5.41 Å². The summed E-state index contributed by atoms with van der Waals surface area (Å²) in [5, 5.41) is 9.14. The van der Waals surface area contributed by atoms with Gasteiger partial charge in [-0.3, -0.25) is 0 Å². The van der Waals surface area contributed by atoms with Crippen LogP contribution in [0, 0.1) is 5.41 Å². The van der Waals surface area contributed by atoms with E-state index >= 15 is 0 Å². The Morgan fingerprint density at radius 3 is 2.50 bits per heavy atom. The van der Waals surface area contributed by atoms with E-state index in [2.05, 4.69) is 61.0 Å². The second-order valence-electron chi connectivity index (χ2n) is 8.72. The lowest BCUT2D eigenvalue weighted by Crippen LogP contribution is -2.13. The highest BCUT2D eigenvalue weighted by molar-refractivity contribution is 8.02. The number of rotatable bonds is 7. The lowest BCUT2D eigenvalue weighted by Gasteiger charge is -2.28. The van der Waals surface area contributed by atoms with Crippen LogP contribution >= 0.6 is 23.3 Å². The molecule has 3 aromatic rings. The number of carboxylic acid groups (broad SMARTS) is 1. The zero-order valence-corrected chi connectivity index (χ0v) is 20.1. The van der Waals surface area contributed by atoms with Crippen LogP contribution in [0.2, 0.25) is 0 Å². The third kappa shape index (κ3) is 5.19. The van der Waals surface area contributed by atoms with Crippen LogP contribution in [-0.2, 0) is 0 Å². The molecule has 0 unspecified atom stereocenters. The van der Waals surface area contributed by atoms with Crippen molar-refractivity contribution >= 4 is 40.5 Å². The minimum absolute atomic E-state index is 0.201. The Morgan fingerprint density at radius 1 is 1.09 bits per heavy atom. The van der Waals surface area contributed by atoms with E-state index in [0.717, 1.165) is 22.7 Å². The number of aromatic carboxylic acids is 1. The van der Waals surface area contributed by atoms with Gasteiger partial charge in [0.05, 0.1) is 22.6 Å². The molecule has 1 aliphatic rings. The van der Waals surface area contributed by atoms with E-state index in [0.29, 0.717) is 11.2 Å². The molecule has 1 aromatic heterocycles. The summed E-state index contributed by atoms with van der Waals surface area (Å²) in [4.78, 5) is 12.4. The number of benzene rings is 2. The molecule has 0 amide bonds. The fourth-order valence-corrected chi connectivity index (χ4v) is 5.55. The maximum Gasteiger partial charge on any atom is 0.335 e. The van der Waals surface area contributed by atoms with E-state index in [1.165, 1.54) is 53.1 Å². The molecule has 0 aliphatic heterocycles. The van der Waals surface area contributed by atoms with Crippen molar-refractivity contribution in [2.75, 3.05) is 11.8 Å². The first-order valence-electron chi connectivity index (χ1n) is 10.6. The molecule has 1 heterocycles. The second-order valence-corrected chi connectivity index (χ2v) is 10.9. The van der Waals surface area contributed by atoms with Crippen molar-refractivity contribution in [1.82, 2.24) is 0 Å². The van der Waals surface area contributed by atoms with Gasteiger partial charge >= 0.3 is 5.97 Å². The minimum Gasteiger partial charge on any atom is -0.495 e. The van der Waals surface area contributed by atoms with E-state index in [4.69, 9.17) is 9.84 Å². The molecule has 1 aliphatic carbocycles. The predicted octanol–water partition coefficient (Wildman–Crippen LogP) is 7.83. The standard InChI is InChI=1S/C26H27NO3S2/c1-26(2)14-12-18(13-15-26)17-4-6-19(7-5-17)23-10-11-24(31-23)32-27-21-9-8-20(25(28)29)16-22(21)30-3/h4-12,16,27H,13-15H2,1-3H3,(H,28,29). The van der Waals surface area contributed by atoms with Crippen molar-refractivity contribution in [3.05, 3.63) is 71.8 Å². The molecule has 0 radical (unpaired) electrons. The summed E-state index contributed by atoms with van der Waals surface area (Å²) in [6.07, 6.45) is 5.94. The number of carboxylic acids is 1. The molecule has 4 rings (SSSR count). The molecule has 32 heavy (non-hydrogen) atoms. The molecule has 0 fully saturated rings. The van der Waals surface area contributed by atoms with Crippen LogP contribution in [0.3, 0.4) is 0 Å². The largest absolute Gasteiger partial charge is 0.495 e. The van der Waals surface area contributed by atoms with Gasteiger partial charge in [-0.2, -0.15) is 0 Å².